The number of hydrogen-bond donors (Lipinski definition) is 1. The molecule has 28 heavy (non-hydrogen) atoms. The summed E-state index contributed by atoms with van der Waals surface area (Å²) in [6, 6.07) is 9.31. The first-order valence-electron chi connectivity index (χ1n) is 8.62. The van der Waals surface area contributed by atoms with Gasteiger partial charge in [-0.15, -0.1) is 0 Å². The van der Waals surface area contributed by atoms with Crippen molar-refractivity contribution in [3.05, 3.63) is 60.2 Å². The molecule has 0 atom stereocenters. The maximum Gasteiger partial charge on any atom is 0.278 e. The Kier molecular flexibility index (Phi) is 4.44. The fourth-order valence-electron chi connectivity index (χ4n) is 2.97. The second-order valence-electron chi connectivity index (χ2n) is 6.28. The van der Waals surface area contributed by atoms with Crippen molar-refractivity contribution in [2.45, 2.75) is 6.92 Å². The number of nitrogens with zero attached hydrogens (tertiary/aromatic N) is 5. The monoisotopic (exact) mass is 374 g/mol. The SMILES string of the molecule is COc1ccc(-c2[nH]nc3ncc(C(=O)N(C)c4cccnc4)nc23)c(C)c1. The van der Waals surface area contributed by atoms with Crippen LogP contribution in [0.4, 0.5) is 5.69 Å². The zero-order chi connectivity index (χ0) is 19.7. The molecule has 0 saturated carbocycles. The van der Waals surface area contributed by atoms with E-state index in [4.69, 9.17) is 4.74 Å². The van der Waals surface area contributed by atoms with E-state index in [0.29, 0.717) is 22.5 Å². The standard InChI is InChI=1S/C20H18N6O2/c1-12-9-14(28-3)6-7-15(12)17-18-19(25-24-17)22-11-16(23-18)20(27)26(2)13-5-4-8-21-10-13/h4-11H,1-3H3,(H,22,24,25). The molecule has 3 heterocycles. The molecule has 3 aromatic heterocycles. The Labute approximate surface area is 161 Å². The van der Waals surface area contributed by atoms with E-state index in [2.05, 4.69) is 25.1 Å². The molecule has 1 N–H and O–H groups in total. The number of carbonyl (C=O) groups excluding carboxylic acids is 1. The number of amides is 1. The van der Waals surface area contributed by atoms with Gasteiger partial charge in [0.2, 0.25) is 0 Å². The van der Waals surface area contributed by atoms with Crippen molar-refractivity contribution in [1.29, 1.82) is 0 Å². The summed E-state index contributed by atoms with van der Waals surface area (Å²) < 4.78 is 5.26. The van der Waals surface area contributed by atoms with Crippen LogP contribution in [0.3, 0.4) is 0 Å². The lowest BCUT2D eigenvalue weighted by Gasteiger charge is -2.16. The van der Waals surface area contributed by atoms with Crippen molar-refractivity contribution in [1.82, 2.24) is 25.1 Å². The van der Waals surface area contributed by atoms with Gasteiger partial charge in [-0.05, 0) is 42.8 Å². The summed E-state index contributed by atoms with van der Waals surface area (Å²) in [6.07, 6.45) is 4.71. The predicted molar refractivity (Wildman–Crippen MR) is 105 cm³/mol. The molecular weight excluding hydrogens is 356 g/mol. The summed E-state index contributed by atoms with van der Waals surface area (Å²) in [5, 5.41) is 7.20. The molecule has 0 bridgehead atoms. The van der Waals surface area contributed by atoms with Crippen LogP contribution in [0, 0.1) is 6.92 Å². The van der Waals surface area contributed by atoms with Crippen LogP contribution < -0.4 is 9.64 Å². The van der Waals surface area contributed by atoms with Crippen LogP contribution in [0.25, 0.3) is 22.4 Å². The number of nitrogens with one attached hydrogen (secondary N) is 1. The highest BCUT2D eigenvalue weighted by Gasteiger charge is 2.19. The minimum atomic E-state index is -0.277. The Morgan fingerprint density at radius 2 is 2.07 bits per heavy atom. The number of fused-ring (bicyclic) bond motifs is 1. The number of carbonyl (C=O) groups is 1. The lowest BCUT2D eigenvalue weighted by atomic mass is 10.0. The molecule has 0 spiro atoms. The summed E-state index contributed by atoms with van der Waals surface area (Å²) in [5.74, 6) is 0.492. The van der Waals surface area contributed by atoms with E-state index in [-0.39, 0.29) is 11.6 Å². The lowest BCUT2D eigenvalue weighted by Crippen LogP contribution is -2.27. The summed E-state index contributed by atoms with van der Waals surface area (Å²) in [4.78, 5) is 27.2. The Balaban J connectivity index is 1.75. The van der Waals surface area contributed by atoms with Crippen molar-refractivity contribution in [3.8, 4) is 17.0 Å². The maximum atomic E-state index is 12.9. The number of hydrogen-bond acceptors (Lipinski definition) is 6. The van der Waals surface area contributed by atoms with Gasteiger partial charge < -0.3 is 9.64 Å². The second kappa shape index (κ2) is 7.07. The van der Waals surface area contributed by atoms with Crippen LogP contribution >= 0.6 is 0 Å². The van der Waals surface area contributed by atoms with Gasteiger partial charge in [0.05, 0.1) is 30.9 Å². The molecule has 0 radical (unpaired) electrons. The van der Waals surface area contributed by atoms with Gasteiger partial charge in [-0.2, -0.15) is 5.10 Å². The number of aromatic nitrogens is 5. The zero-order valence-corrected chi connectivity index (χ0v) is 15.7. The van der Waals surface area contributed by atoms with Crippen LogP contribution in [0.1, 0.15) is 16.1 Å². The molecular formula is C20H18N6O2. The largest absolute Gasteiger partial charge is 0.497 e. The molecule has 4 rings (SSSR count). The van der Waals surface area contributed by atoms with Gasteiger partial charge in [-0.25, -0.2) is 9.97 Å². The smallest absolute Gasteiger partial charge is 0.278 e. The first-order chi connectivity index (χ1) is 13.6. The Morgan fingerprint density at radius 1 is 1.21 bits per heavy atom. The number of ether oxygens (including phenoxy) is 1. The maximum absolute atomic E-state index is 12.9. The summed E-state index contributed by atoms with van der Waals surface area (Å²) in [6.45, 7) is 1.98. The highest BCUT2D eigenvalue weighted by Crippen LogP contribution is 2.29. The van der Waals surface area contributed by atoms with Crippen molar-refractivity contribution in [2.75, 3.05) is 19.1 Å². The minimum Gasteiger partial charge on any atom is -0.497 e. The molecule has 0 saturated heterocycles. The van der Waals surface area contributed by atoms with Crippen molar-refractivity contribution in [2.24, 2.45) is 0 Å². The number of rotatable bonds is 4. The van der Waals surface area contributed by atoms with E-state index in [1.165, 1.54) is 11.1 Å². The van der Waals surface area contributed by atoms with Gasteiger partial charge in [0.25, 0.3) is 5.91 Å². The van der Waals surface area contributed by atoms with Gasteiger partial charge in [-0.1, -0.05) is 0 Å². The summed E-state index contributed by atoms with van der Waals surface area (Å²) in [7, 11) is 3.30. The first-order valence-corrected chi connectivity index (χ1v) is 8.62. The molecule has 0 fully saturated rings. The van der Waals surface area contributed by atoms with Gasteiger partial charge in [-0.3, -0.25) is 14.9 Å². The molecule has 1 aromatic carbocycles. The van der Waals surface area contributed by atoms with E-state index in [0.717, 1.165) is 16.9 Å². The van der Waals surface area contributed by atoms with E-state index in [9.17, 15) is 4.79 Å². The Hall–Kier alpha value is -3.81. The highest BCUT2D eigenvalue weighted by atomic mass is 16.5. The number of H-pyrrole nitrogens is 1. The van der Waals surface area contributed by atoms with Crippen LogP contribution in [0.15, 0.2) is 48.9 Å². The average Bonchev–Trinajstić information content (AvgIpc) is 3.16. The molecule has 0 unspecified atom stereocenters. The minimum absolute atomic E-state index is 0.229. The average molecular weight is 374 g/mol. The molecule has 8 heteroatoms. The van der Waals surface area contributed by atoms with Crippen LogP contribution in [-0.4, -0.2) is 45.2 Å². The van der Waals surface area contributed by atoms with Crippen LogP contribution in [0.2, 0.25) is 0 Å². The fraction of sp³-hybridized carbons (Fsp3) is 0.150. The number of aryl methyl sites for hydroxylation is 1. The Morgan fingerprint density at radius 3 is 2.79 bits per heavy atom. The zero-order valence-electron chi connectivity index (χ0n) is 15.7. The van der Waals surface area contributed by atoms with Gasteiger partial charge in [0, 0.05) is 18.8 Å². The third kappa shape index (κ3) is 3.05. The number of benzene rings is 1. The van der Waals surface area contributed by atoms with Crippen molar-refractivity contribution in [3.63, 3.8) is 0 Å². The fourth-order valence-corrected chi connectivity index (χ4v) is 2.97. The van der Waals surface area contributed by atoms with E-state index in [1.807, 2.05) is 25.1 Å². The van der Waals surface area contributed by atoms with E-state index < -0.39 is 0 Å². The van der Waals surface area contributed by atoms with E-state index in [1.54, 1.807) is 38.7 Å². The molecule has 0 aliphatic rings. The van der Waals surface area contributed by atoms with Crippen molar-refractivity contribution >= 4 is 22.8 Å². The summed E-state index contributed by atoms with van der Waals surface area (Å²) in [5.41, 5.74) is 4.52. The molecule has 4 aromatic rings. The quantitative estimate of drug-likeness (QED) is 0.590. The predicted octanol–water partition coefficient (Wildman–Crippen LogP) is 3.01. The van der Waals surface area contributed by atoms with Gasteiger partial charge >= 0.3 is 0 Å². The van der Waals surface area contributed by atoms with Gasteiger partial charge in [0.15, 0.2) is 5.65 Å². The number of anilines is 1. The van der Waals surface area contributed by atoms with Gasteiger partial charge in [0.1, 0.15) is 17.0 Å². The van der Waals surface area contributed by atoms with E-state index >= 15 is 0 Å². The molecule has 140 valence electrons. The first kappa shape index (κ1) is 17.6. The van der Waals surface area contributed by atoms with Crippen LogP contribution in [-0.2, 0) is 0 Å². The lowest BCUT2D eigenvalue weighted by molar-refractivity contribution is 0.0988. The molecule has 1 amide bonds. The summed E-state index contributed by atoms with van der Waals surface area (Å²) >= 11 is 0. The van der Waals surface area contributed by atoms with Crippen LogP contribution in [0.5, 0.6) is 5.75 Å². The highest BCUT2D eigenvalue weighted by molar-refractivity contribution is 6.05. The Bertz CT molecular complexity index is 1160. The number of methoxy groups -OCH3 is 1. The number of pyridine rings is 1. The van der Waals surface area contributed by atoms with Crippen molar-refractivity contribution < 1.29 is 9.53 Å². The topological polar surface area (TPSA) is 96.9 Å². The normalized spacial score (nSPS) is 10.8. The molecule has 0 aliphatic heterocycles. The molecule has 0 aliphatic carbocycles. The third-order valence-corrected chi connectivity index (χ3v) is 4.52. The second-order valence-corrected chi connectivity index (χ2v) is 6.28. The molecule has 8 nitrogen and oxygen atoms in total. The number of aromatic amines is 1. The third-order valence-electron chi connectivity index (χ3n) is 4.52.